The largest absolute Gasteiger partial charge is 0.504 e. The van der Waals surface area contributed by atoms with Gasteiger partial charge in [0.05, 0.1) is 25.7 Å². The maximum atomic E-state index is 10.1. The fourth-order valence-corrected chi connectivity index (χ4v) is 3.29. The van der Waals surface area contributed by atoms with E-state index in [1.807, 2.05) is 25.1 Å². The van der Waals surface area contributed by atoms with Crippen LogP contribution in [0.1, 0.15) is 37.3 Å². The van der Waals surface area contributed by atoms with Crippen LogP contribution in [0.25, 0.3) is 0 Å². The normalized spacial score (nSPS) is 12.5. The van der Waals surface area contributed by atoms with E-state index in [9.17, 15) is 10.4 Å². The molecular formula is C23H28N2O3. The van der Waals surface area contributed by atoms with E-state index in [0.717, 1.165) is 43.5 Å². The molecule has 2 N–H and O–H groups in total. The van der Waals surface area contributed by atoms with Gasteiger partial charge in [0.2, 0.25) is 0 Å². The van der Waals surface area contributed by atoms with E-state index in [2.05, 4.69) is 23.5 Å². The lowest BCUT2D eigenvalue weighted by atomic mass is 9.75. The Labute approximate surface area is 167 Å². The van der Waals surface area contributed by atoms with Crippen LogP contribution in [0.2, 0.25) is 0 Å². The average molecular weight is 380 g/mol. The second kappa shape index (κ2) is 10.4. The Morgan fingerprint density at radius 2 is 2.04 bits per heavy atom. The number of benzene rings is 1. The Bertz CT molecular complexity index is 801. The number of phenols is 1. The molecule has 2 aromatic carbocycles. The molecule has 28 heavy (non-hydrogen) atoms. The van der Waals surface area contributed by atoms with E-state index >= 15 is 0 Å². The molecular weight excluding hydrogens is 352 g/mol. The number of nitrogens with one attached hydrogen (secondary N) is 1. The van der Waals surface area contributed by atoms with Crippen LogP contribution in [0.5, 0.6) is 17.2 Å². The molecule has 0 saturated carbocycles. The average Bonchev–Trinajstić information content (AvgIpc) is 2.74. The number of methoxy groups -OCH3 is 2. The number of nitriles is 1. The monoisotopic (exact) mass is 380 g/mol. The van der Waals surface area contributed by atoms with Gasteiger partial charge in [-0.3, -0.25) is 0 Å². The third-order valence-corrected chi connectivity index (χ3v) is 5.09. The van der Waals surface area contributed by atoms with Crippen molar-refractivity contribution in [2.45, 2.75) is 38.0 Å². The number of phenolic OH excluding ortho intramolecular Hbond substituents is 1. The van der Waals surface area contributed by atoms with E-state index in [1.54, 1.807) is 19.2 Å². The van der Waals surface area contributed by atoms with E-state index in [0.29, 0.717) is 17.9 Å². The SMILES string of the molecule is CCC(C#N)(CCCNCCc1cc#cc(OC)c1)c1ccc(OC)c(O)c1. The summed E-state index contributed by atoms with van der Waals surface area (Å²) in [5.74, 6) is 1.18. The summed E-state index contributed by atoms with van der Waals surface area (Å²) in [4.78, 5) is 0. The minimum absolute atomic E-state index is 0.0681. The Kier molecular flexibility index (Phi) is 7.99. The topological polar surface area (TPSA) is 74.5 Å². The van der Waals surface area contributed by atoms with E-state index < -0.39 is 5.41 Å². The Morgan fingerprint density at radius 3 is 2.68 bits per heavy atom. The molecule has 148 valence electrons. The van der Waals surface area contributed by atoms with Crippen LogP contribution in [0.15, 0.2) is 30.3 Å². The van der Waals surface area contributed by atoms with Gasteiger partial charge in [-0.05, 0) is 80.2 Å². The minimum Gasteiger partial charge on any atom is -0.504 e. The second-order valence-electron chi connectivity index (χ2n) is 6.74. The van der Waals surface area contributed by atoms with Gasteiger partial charge in [0.1, 0.15) is 0 Å². The molecule has 0 radical (unpaired) electrons. The van der Waals surface area contributed by atoms with Gasteiger partial charge in [-0.25, -0.2) is 0 Å². The molecule has 0 aromatic heterocycles. The van der Waals surface area contributed by atoms with E-state index in [-0.39, 0.29) is 5.75 Å². The summed E-state index contributed by atoms with van der Waals surface area (Å²) in [5, 5.41) is 23.3. The molecule has 2 rings (SSSR count). The fourth-order valence-electron chi connectivity index (χ4n) is 3.29. The maximum absolute atomic E-state index is 10.1. The van der Waals surface area contributed by atoms with Gasteiger partial charge in [0.15, 0.2) is 17.2 Å². The van der Waals surface area contributed by atoms with Crippen molar-refractivity contribution >= 4 is 0 Å². The van der Waals surface area contributed by atoms with Crippen molar-refractivity contribution in [2.75, 3.05) is 27.3 Å². The van der Waals surface area contributed by atoms with Gasteiger partial charge in [-0.15, -0.1) is 0 Å². The van der Waals surface area contributed by atoms with Crippen molar-refractivity contribution in [3.63, 3.8) is 0 Å². The lowest BCUT2D eigenvalue weighted by molar-refractivity contribution is 0.371. The Morgan fingerprint density at radius 1 is 1.21 bits per heavy atom. The van der Waals surface area contributed by atoms with Gasteiger partial charge in [-0.2, -0.15) is 5.26 Å². The second-order valence-corrected chi connectivity index (χ2v) is 6.74. The first-order valence-corrected chi connectivity index (χ1v) is 9.54. The van der Waals surface area contributed by atoms with Crippen molar-refractivity contribution in [3.05, 3.63) is 53.6 Å². The summed E-state index contributed by atoms with van der Waals surface area (Å²) in [6.45, 7) is 3.68. The van der Waals surface area contributed by atoms with E-state index in [4.69, 9.17) is 9.47 Å². The zero-order chi connectivity index (χ0) is 20.4. The zero-order valence-electron chi connectivity index (χ0n) is 16.8. The first-order valence-electron chi connectivity index (χ1n) is 9.54. The molecule has 0 fully saturated rings. The number of hydrogen-bond donors (Lipinski definition) is 2. The van der Waals surface area contributed by atoms with Crippen molar-refractivity contribution in [1.82, 2.24) is 5.32 Å². The maximum Gasteiger partial charge on any atom is 0.170 e. The first-order chi connectivity index (χ1) is 13.6. The van der Waals surface area contributed by atoms with Gasteiger partial charge in [0, 0.05) is 0 Å². The van der Waals surface area contributed by atoms with Crippen LogP contribution >= 0.6 is 0 Å². The third-order valence-electron chi connectivity index (χ3n) is 5.09. The molecule has 0 saturated heterocycles. The van der Waals surface area contributed by atoms with Gasteiger partial charge >= 0.3 is 0 Å². The van der Waals surface area contributed by atoms with Crippen molar-refractivity contribution < 1.29 is 14.6 Å². The molecule has 2 aromatic rings. The van der Waals surface area contributed by atoms with Gasteiger partial charge in [-0.1, -0.05) is 19.1 Å². The highest BCUT2D eigenvalue weighted by Crippen LogP contribution is 2.37. The summed E-state index contributed by atoms with van der Waals surface area (Å²) >= 11 is 0. The summed E-state index contributed by atoms with van der Waals surface area (Å²) in [5.41, 5.74) is 1.37. The summed E-state index contributed by atoms with van der Waals surface area (Å²) in [7, 11) is 3.14. The quantitative estimate of drug-likeness (QED) is 0.580. The van der Waals surface area contributed by atoms with Crippen LogP contribution in [0.3, 0.4) is 0 Å². The smallest absolute Gasteiger partial charge is 0.170 e. The zero-order valence-corrected chi connectivity index (χ0v) is 16.8. The number of nitrogens with zero attached hydrogens (tertiary/aromatic N) is 1. The number of ether oxygens (including phenoxy) is 2. The molecule has 0 spiro atoms. The lowest BCUT2D eigenvalue weighted by Crippen LogP contribution is -2.26. The standard InChI is InChI=1S/C23H28N2O3/c1-4-23(17-24,19-9-10-22(28-3)21(26)16-19)12-6-13-25-14-11-18-7-5-8-20(15-18)27-2/h7,9-10,15-16,25-26H,4,6,11-14H2,1-3H3. The number of hydrogen-bond acceptors (Lipinski definition) is 5. The molecule has 0 bridgehead atoms. The molecule has 1 atom stereocenters. The molecule has 0 amide bonds. The predicted molar refractivity (Wildman–Crippen MR) is 109 cm³/mol. The highest BCUT2D eigenvalue weighted by atomic mass is 16.5. The summed E-state index contributed by atoms with van der Waals surface area (Å²) in [6.07, 6.45) is 3.16. The molecule has 5 nitrogen and oxygen atoms in total. The van der Waals surface area contributed by atoms with Gasteiger partial charge < -0.3 is 19.9 Å². The van der Waals surface area contributed by atoms with Crippen LogP contribution in [-0.4, -0.2) is 32.4 Å². The lowest BCUT2D eigenvalue weighted by Gasteiger charge is -2.26. The van der Waals surface area contributed by atoms with E-state index in [1.165, 1.54) is 7.11 Å². The summed E-state index contributed by atoms with van der Waals surface area (Å²) < 4.78 is 10.3. The van der Waals surface area contributed by atoms with Gasteiger partial charge in [0.25, 0.3) is 0 Å². The molecule has 0 aliphatic rings. The molecule has 1 unspecified atom stereocenters. The van der Waals surface area contributed by atoms with Crippen molar-refractivity contribution in [2.24, 2.45) is 0 Å². The number of rotatable bonds is 11. The van der Waals surface area contributed by atoms with Crippen LogP contribution in [-0.2, 0) is 11.8 Å². The van der Waals surface area contributed by atoms with Crippen LogP contribution in [0, 0.1) is 23.5 Å². The summed E-state index contributed by atoms with van der Waals surface area (Å²) in [6, 6.07) is 17.4. The third kappa shape index (κ3) is 5.31. The number of aromatic hydroxyl groups is 1. The predicted octanol–water partition coefficient (Wildman–Crippen LogP) is 3.79. The minimum atomic E-state index is -0.608. The Balaban J connectivity index is 1.86. The van der Waals surface area contributed by atoms with Crippen LogP contribution in [0.4, 0.5) is 0 Å². The first kappa shape index (κ1) is 21.4. The Hall–Kier alpha value is -2.89. The highest BCUT2D eigenvalue weighted by molar-refractivity contribution is 5.46. The molecule has 0 aliphatic heterocycles. The van der Waals surface area contributed by atoms with Crippen molar-refractivity contribution in [3.8, 4) is 23.3 Å². The molecule has 5 heteroatoms. The molecule has 0 heterocycles. The fraction of sp³-hybridized carbons (Fsp3) is 0.435. The van der Waals surface area contributed by atoms with Crippen molar-refractivity contribution in [1.29, 1.82) is 5.26 Å². The molecule has 0 aliphatic carbocycles. The van der Waals surface area contributed by atoms with Crippen LogP contribution < -0.4 is 14.8 Å². The highest BCUT2D eigenvalue weighted by Gasteiger charge is 2.30.